The SMILES string of the molecule is CC1C(=O)NC(=O)N1CC1CCCCN1. The van der Waals surface area contributed by atoms with Crippen LogP contribution in [0.1, 0.15) is 26.2 Å². The minimum absolute atomic E-state index is 0.184. The van der Waals surface area contributed by atoms with Crippen LogP contribution in [-0.4, -0.2) is 42.0 Å². The molecule has 0 saturated carbocycles. The summed E-state index contributed by atoms with van der Waals surface area (Å²) in [4.78, 5) is 24.3. The molecule has 15 heavy (non-hydrogen) atoms. The predicted octanol–water partition coefficient (Wildman–Crippen LogP) is 0.0688. The molecule has 0 aromatic rings. The molecule has 2 fully saturated rings. The first kappa shape index (κ1) is 10.4. The van der Waals surface area contributed by atoms with Crippen molar-refractivity contribution in [2.75, 3.05) is 13.1 Å². The zero-order chi connectivity index (χ0) is 10.8. The van der Waals surface area contributed by atoms with E-state index in [2.05, 4.69) is 10.6 Å². The van der Waals surface area contributed by atoms with Crippen LogP contribution in [-0.2, 0) is 4.79 Å². The van der Waals surface area contributed by atoms with E-state index in [1.165, 1.54) is 12.8 Å². The molecule has 0 aliphatic carbocycles. The van der Waals surface area contributed by atoms with E-state index >= 15 is 0 Å². The Balaban J connectivity index is 1.92. The smallest absolute Gasteiger partial charge is 0.312 e. The number of carbonyl (C=O) groups excluding carboxylic acids is 2. The van der Waals surface area contributed by atoms with Crippen LogP contribution in [0, 0.1) is 0 Å². The van der Waals surface area contributed by atoms with E-state index < -0.39 is 0 Å². The Kier molecular flexibility index (Phi) is 2.90. The highest BCUT2D eigenvalue weighted by molar-refractivity contribution is 6.03. The van der Waals surface area contributed by atoms with E-state index in [4.69, 9.17) is 0 Å². The molecule has 5 heteroatoms. The van der Waals surface area contributed by atoms with Crippen LogP contribution in [0.5, 0.6) is 0 Å². The van der Waals surface area contributed by atoms with Crippen molar-refractivity contribution in [1.82, 2.24) is 15.5 Å². The van der Waals surface area contributed by atoms with Crippen molar-refractivity contribution in [2.45, 2.75) is 38.3 Å². The summed E-state index contributed by atoms with van der Waals surface area (Å²) in [6, 6.07) is -0.223. The highest BCUT2D eigenvalue weighted by Crippen LogP contribution is 2.13. The summed E-state index contributed by atoms with van der Waals surface area (Å²) in [5.41, 5.74) is 0. The fraction of sp³-hybridized carbons (Fsp3) is 0.800. The second-order valence-electron chi connectivity index (χ2n) is 4.27. The van der Waals surface area contributed by atoms with E-state index in [1.54, 1.807) is 11.8 Å². The van der Waals surface area contributed by atoms with Crippen LogP contribution in [0.15, 0.2) is 0 Å². The largest absolute Gasteiger partial charge is 0.324 e. The van der Waals surface area contributed by atoms with Gasteiger partial charge in [-0.15, -0.1) is 0 Å². The maximum atomic E-state index is 11.4. The van der Waals surface area contributed by atoms with Crippen LogP contribution >= 0.6 is 0 Å². The number of rotatable bonds is 2. The maximum Gasteiger partial charge on any atom is 0.324 e. The van der Waals surface area contributed by atoms with E-state index in [1.807, 2.05) is 0 Å². The number of hydrogen-bond acceptors (Lipinski definition) is 3. The first-order valence-electron chi connectivity index (χ1n) is 5.53. The van der Waals surface area contributed by atoms with Gasteiger partial charge in [0, 0.05) is 12.6 Å². The van der Waals surface area contributed by atoms with Crippen molar-refractivity contribution in [1.29, 1.82) is 0 Å². The number of urea groups is 1. The molecule has 0 bridgehead atoms. The summed E-state index contributed by atoms with van der Waals surface area (Å²) in [7, 11) is 0. The number of nitrogens with one attached hydrogen (secondary N) is 2. The molecule has 2 rings (SSSR count). The van der Waals surface area contributed by atoms with Crippen LogP contribution in [0.3, 0.4) is 0 Å². The third kappa shape index (κ3) is 2.12. The average Bonchev–Trinajstić information content (AvgIpc) is 2.47. The van der Waals surface area contributed by atoms with Crippen molar-refractivity contribution < 1.29 is 9.59 Å². The van der Waals surface area contributed by atoms with Gasteiger partial charge in [-0.3, -0.25) is 10.1 Å². The molecule has 0 aromatic carbocycles. The molecule has 2 aliphatic heterocycles. The molecule has 2 aliphatic rings. The lowest BCUT2D eigenvalue weighted by molar-refractivity contribution is -0.121. The second kappa shape index (κ2) is 4.18. The van der Waals surface area contributed by atoms with E-state index in [9.17, 15) is 9.59 Å². The summed E-state index contributed by atoms with van der Waals surface area (Å²) in [5.74, 6) is -0.184. The van der Waals surface area contributed by atoms with Gasteiger partial charge in [0.25, 0.3) is 5.91 Å². The van der Waals surface area contributed by atoms with Gasteiger partial charge < -0.3 is 10.2 Å². The van der Waals surface area contributed by atoms with Crippen molar-refractivity contribution in [3.63, 3.8) is 0 Å². The van der Waals surface area contributed by atoms with Gasteiger partial charge in [-0.05, 0) is 26.3 Å². The van der Waals surface area contributed by atoms with Gasteiger partial charge in [0.1, 0.15) is 6.04 Å². The van der Waals surface area contributed by atoms with Gasteiger partial charge in [0.05, 0.1) is 0 Å². The van der Waals surface area contributed by atoms with Gasteiger partial charge in [-0.25, -0.2) is 4.79 Å². The third-order valence-electron chi connectivity index (χ3n) is 3.17. The quantitative estimate of drug-likeness (QED) is 0.635. The van der Waals surface area contributed by atoms with Gasteiger partial charge in [-0.2, -0.15) is 0 Å². The molecule has 2 saturated heterocycles. The highest BCUT2D eigenvalue weighted by Gasteiger charge is 2.36. The molecule has 3 amide bonds. The van der Waals surface area contributed by atoms with Crippen LogP contribution < -0.4 is 10.6 Å². The van der Waals surface area contributed by atoms with E-state index in [-0.39, 0.29) is 18.0 Å². The van der Waals surface area contributed by atoms with Crippen molar-refractivity contribution in [2.24, 2.45) is 0 Å². The third-order valence-corrected chi connectivity index (χ3v) is 3.17. The highest BCUT2D eigenvalue weighted by atomic mass is 16.2. The lowest BCUT2D eigenvalue weighted by Crippen LogP contribution is -2.46. The van der Waals surface area contributed by atoms with E-state index in [0.29, 0.717) is 12.6 Å². The number of hydrogen-bond donors (Lipinski definition) is 2. The summed E-state index contributed by atoms with van der Waals surface area (Å²) in [6.45, 7) is 3.42. The average molecular weight is 211 g/mol. The Bertz CT molecular complexity index is 274. The van der Waals surface area contributed by atoms with Crippen LogP contribution in [0.25, 0.3) is 0 Å². The summed E-state index contributed by atoms with van der Waals surface area (Å²) in [5, 5.41) is 5.70. The molecule has 5 nitrogen and oxygen atoms in total. The van der Waals surface area contributed by atoms with Gasteiger partial charge >= 0.3 is 6.03 Å². The number of nitrogens with zero attached hydrogens (tertiary/aromatic N) is 1. The zero-order valence-corrected chi connectivity index (χ0v) is 8.95. The Morgan fingerprint density at radius 3 is 2.73 bits per heavy atom. The molecule has 0 radical (unpaired) electrons. The first-order chi connectivity index (χ1) is 7.18. The van der Waals surface area contributed by atoms with Crippen LogP contribution in [0.2, 0.25) is 0 Å². The Labute approximate surface area is 89.2 Å². The zero-order valence-electron chi connectivity index (χ0n) is 8.95. The standard InChI is InChI=1S/C10H17N3O2/c1-7-9(14)12-10(15)13(7)6-8-4-2-3-5-11-8/h7-8,11H,2-6H2,1H3,(H,12,14,15). The molecular formula is C10H17N3O2. The Morgan fingerprint density at radius 1 is 1.40 bits per heavy atom. The number of amides is 3. The monoisotopic (exact) mass is 211 g/mol. The molecule has 84 valence electrons. The Morgan fingerprint density at radius 2 is 2.20 bits per heavy atom. The van der Waals surface area contributed by atoms with Gasteiger partial charge in [0.2, 0.25) is 0 Å². The molecule has 0 aromatic heterocycles. The van der Waals surface area contributed by atoms with Crippen molar-refractivity contribution in [3.05, 3.63) is 0 Å². The predicted molar refractivity (Wildman–Crippen MR) is 55.3 cm³/mol. The lowest BCUT2D eigenvalue weighted by Gasteiger charge is -2.28. The molecule has 2 atom stereocenters. The fourth-order valence-electron chi connectivity index (χ4n) is 2.16. The minimum Gasteiger partial charge on any atom is -0.312 e. The molecule has 0 spiro atoms. The molecule has 2 heterocycles. The Hall–Kier alpha value is -1.10. The molecular weight excluding hydrogens is 194 g/mol. The summed E-state index contributed by atoms with van der Waals surface area (Å²) >= 11 is 0. The van der Waals surface area contributed by atoms with Crippen LogP contribution in [0.4, 0.5) is 4.79 Å². The van der Waals surface area contributed by atoms with Crippen molar-refractivity contribution in [3.8, 4) is 0 Å². The normalized spacial score (nSPS) is 31.9. The van der Waals surface area contributed by atoms with E-state index in [0.717, 1.165) is 13.0 Å². The van der Waals surface area contributed by atoms with Gasteiger partial charge in [-0.1, -0.05) is 6.42 Å². The summed E-state index contributed by atoms with van der Waals surface area (Å²) in [6.07, 6.45) is 3.50. The van der Waals surface area contributed by atoms with Gasteiger partial charge in [0.15, 0.2) is 0 Å². The number of piperidine rings is 1. The summed E-state index contributed by atoms with van der Waals surface area (Å²) < 4.78 is 0. The maximum absolute atomic E-state index is 11.4. The minimum atomic E-state index is -0.318. The first-order valence-corrected chi connectivity index (χ1v) is 5.53. The molecule has 2 unspecified atom stereocenters. The molecule has 2 N–H and O–H groups in total. The topological polar surface area (TPSA) is 61.4 Å². The van der Waals surface area contributed by atoms with Crippen molar-refractivity contribution >= 4 is 11.9 Å². The lowest BCUT2D eigenvalue weighted by atomic mass is 10.0. The fourth-order valence-corrected chi connectivity index (χ4v) is 2.16. The number of imide groups is 1. The number of carbonyl (C=O) groups is 2. The second-order valence-corrected chi connectivity index (χ2v) is 4.27.